The predicted molar refractivity (Wildman–Crippen MR) is 98.2 cm³/mol. The van der Waals surface area contributed by atoms with Gasteiger partial charge in [-0.25, -0.2) is 4.79 Å². The summed E-state index contributed by atoms with van der Waals surface area (Å²) in [6.07, 6.45) is 2.90. The number of piperidine rings is 1. The molecule has 128 valence electrons. The molecule has 0 spiro atoms. The van der Waals surface area contributed by atoms with Crippen molar-refractivity contribution in [3.05, 3.63) is 27.7 Å². The molecule has 0 aliphatic carbocycles. The van der Waals surface area contributed by atoms with Crippen LogP contribution in [-0.2, 0) is 4.74 Å². The third-order valence-corrected chi connectivity index (χ3v) is 4.64. The van der Waals surface area contributed by atoms with Crippen LogP contribution in [0.1, 0.15) is 40.0 Å². The summed E-state index contributed by atoms with van der Waals surface area (Å²) in [5.74, 6) is 0. The minimum Gasteiger partial charge on any atom is -0.444 e. The van der Waals surface area contributed by atoms with E-state index >= 15 is 0 Å². The fourth-order valence-corrected chi connectivity index (χ4v) is 3.19. The molecule has 1 N–H and O–H groups in total. The number of anilines is 1. The molecule has 1 heterocycles. The van der Waals surface area contributed by atoms with E-state index in [0.29, 0.717) is 11.6 Å². The number of nitrogens with one attached hydrogen (secondary N) is 1. The smallest absolute Gasteiger partial charge is 0.410 e. The van der Waals surface area contributed by atoms with E-state index in [0.717, 1.165) is 36.0 Å². The molecule has 1 saturated heterocycles. The first kappa shape index (κ1) is 18.4. The number of nitrogens with zero attached hydrogens (tertiary/aromatic N) is 1. The van der Waals surface area contributed by atoms with E-state index in [-0.39, 0.29) is 12.1 Å². The Kier molecular flexibility index (Phi) is 6.20. The van der Waals surface area contributed by atoms with Crippen LogP contribution >= 0.6 is 27.5 Å². The van der Waals surface area contributed by atoms with Crippen LogP contribution in [0.5, 0.6) is 0 Å². The summed E-state index contributed by atoms with van der Waals surface area (Å²) in [5.41, 5.74) is 0.467. The maximum atomic E-state index is 12.4. The fourth-order valence-electron chi connectivity index (χ4n) is 2.63. The molecule has 1 aliphatic rings. The van der Waals surface area contributed by atoms with Gasteiger partial charge in [0.05, 0.1) is 6.04 Å². The molecule has 0 aromatic heterocycles. The molecule has 1 atom stereocenters. The van der Waals surface area contributed by atoms with Crippen LogP contribution in [0.15, 0.2) is 22.7 Å². The highest BCUT2D eigenvalue weighted by Crippen LogP contribution is 2.27. The SMILES string of the molecule is CC(C)(C)OC(=O)N1CCCCC1CNc1cc(Cl)ccc1Br. The summed E-state index contributed by atoms with van der Waals surface area (Å²) in [6.45, 7) is 7.11. The molecule has 1 aliphatic heterocycles. The van der Waals surface area contributed by atoms with E-state index in [1.54, 1.807) is 0 Å². The number of benzene rings is 1. The van der Waals surface area contributed by atoms with Crippen LogP contribution in [-0.4, -0.2) is 35.7 Å². The number of carbonyl (C=O) groups is 1. The van der Waals surface area contributed by atoms with Crippen LogP contribution in [0, 0.1) is 0 Å². The van der Waals surface area contributed by atoms with Crippen molar-refractivity contribution in [2.45, 2.75) is 51.7 Å². The lowest BCUT2D eigenvalue weighted by Crippen LogP contribution is -2.48. The topological polar surface area (TPSA) is 41.6 Å². The maximum absolute atomic E-state index is 12.4. The molecule has 1 fully saturated rings. The molecule has 0 radical (unpaired) electrons. The molecular weight excluding hydrogens is 380 g/mol. The Morgan fingerprint density at radius 3 is 2.87 bits per heavy atom. The highest BCUT2D eigenvalue weighted by atomic mass is 79.9. The van der Waals surface area contributed by atoms with E-state index < -0.39 is 5.60 Å². The molecule has 1 aromatic rings. The summed E-state index contributed by atoms with van der Waals surface area (Å²) in [7, 11) is 0. The second kappa shape index (κ2) is 7.75. The predicted octanol–water partition coefficient (Wildman–Crippen LogP) is 5.30. The molecule has 23 heavy (non-hydrogen) atoms. The first-order valence-electron chi connectivity index (χ1n) is 7.95. The van der Waals surface area contributed by atoms with Crippen molar-refractivity contribution >= 4 is 39.3 Å². The minimum absolute atomic E-state index is 0.129. The first-order chi connectivity index (χ1) is 10.8. The second-order valence-corrected chi connectivity index (χ2v) is 8.12. The number of likely N-dealkylation sites (tertiary alicyclic amines) is 1. The summed E-state index contributed by atoms with van der Waals surface area (Å²) < 4.78 is 6.49. The van der Waals surface area contributed by atoms with Gasteiger partial charge in [0.15, 0.2) is 0 Å². The van der Waals surface area contributed by atoms with Gasteiger partial charge in [-0.3, -0.25) is 0 Å². The van der Waals surface area contributed by atoms with Crippen molar-refractivity contribution < 1.29 is 9.53 Å². The number of hydrogen-bond donors (Lipinski definition) is 1. The lowest BCUT2D eigenvalue weighted by molar-refractivity contribution is 0.0114. The van der Waals surface area contributed by atoms with Crippen LogP contribution in [0.3, 0.4) is 0 Å². The Hall–Kier alpha value is -0.940. The van der Waals surface area contributed by atoms with Crippen LogP contribution in [0.2, 0.25) is 5.02 Å². The number of rotatable bonds is 3. The number of carbonyl (C=O) groups excluding carboxylic acids is 1. The molecule has 0 saturated carbocycles. The van der Waals surface area contributed by atoms with Crippen molar-refractivity contribution in [3.63, 3.8) is 0 Å². The van der Waals surface area contributed by atoms with Crippen molar-refractivity contribution in [1.82, 2.24) is 4.90 Å². The Labute approximate surface area is 151 Å². The average molecular weight is 404 g/mol. The fraction of sp³-hybridized carbons (Fsp3) is 0.588. The van der Waals surface area contributed by atoms with Gasteiger partial charge >= 0.3 is 6.09 Å². The van der Waals surface area contributed by atoms with Gasteiger partial charge in [0.1, 0.15) is 5.60 Å². The monoisotopic (exact) mass is 402 g/mol. The summed E-state index contributed by atoms with van der Waals surface area (Å²) in [5, 5.41) is 4.07. The Morgan fingerprint density at radius 2 is 2.17 bits per heavy atom. The van der Waals surface area contributed by atoms with Crippen LogP contribution in [0.4, 0.5) is 10.5 Å². The Morgan fingerprint density at radius 1 is 1.43 bits per heavy atom. The van der Waals surface area contributed by atoms with Gasteiger partial charge in [0.25, 0.3) is 0 Å². The van der Waals surface area contributed by atoms with E-state index in [2.05, 4.69) is 21.2 Å². The highest BCUT2D eigenvalue weighted by Gasteiger charge is 2.30. The van der Waals surface area contributed by atoms with Gasteiger partial charge in [-0.1, -0.05) is 11.6 Å². The zero-order valence-electron chi connectivity index (χ0n) is 13.9. The average Bonchev–Trinajstić information content (AvgIpc) is 2.47. The van der Waals surface area contributed by atoms with E-state index in [9.17, 15) is 4.79 Å². The maximum Gasteiger partial charge on any atom is 0.410 e. The van der Waals surface area contributed by atoms with Crippen LogP contribution in [0.25, 0.3) is 0 Å². The first-order valence-corrected chi connectivity index (χ1v) is 9.12. The second-order valence-electron chi connectivity index (χ2n) is 6.83. The van der Waals surface area contributed by atoms with Gasteiger partial charge in [-0.15, -0.1) is 0 Å². The third kappa shape index (κ3) is 5.57. The zero-order chi connectivity index (χ0) is 17.0. The number of halogens is 2. The van der Waals surface area contributed by atoms with Gasteiger partial charge in [-0.2, -0.15) is 0 Å². The van der Waals surface area contributed by atoms with E-state index in [1.165, 1.54) is 0 Å². The molecule has 6 heteroatoms. The van der Waals surface area contributed by atoms with Crippen molar-refractivity contribution in [1.29, 1.82) is 0 Å². The number of amides is 1. The summed E-state index contributed by atoms with van der Waals surface area (Å²) >= 11 is 9.56. The summed E-state index contributed by atoms with van der Waals surface area (Å²) in [4.78, 5) is 14.2. The summed E-state index contributed by atoms with van der Waals surface area (Å²) in [6, 6.07) is 5.76. The van der Waals surface area contributed by atoms with Crippen molar-refractivity contribution in [3.8, 4) is 0 Å². The van der Waals surface area contributed by atoms with E-state index in [1.807, 2.05) is 43.9 Å². The molecule has 0 bridgehead atoms. The Bertz CT molecular complexity index is 560. The highest BCUT2D eigenvalue weighted by molar-refractivity contribution is 9.10. The molecule has 1 aromatic carbocycles. The van der Waals surface area contributed by atoms with Gasteiger partial charge in [0, 0.05) is 28.3 Å². The number of hydrogen-bond acceptors (Lipinski definition) is 3. The van der Waals surface area contributed by atoms with Gasteiger partial charge in [-0.05, 0) is 74.2 Å². The standard InChI is InChI=1S/C17H24BrClN2O2/c1-17(2,3)23-16(22)21-9-5-4-6-13(21)11-20-15-10-12(19)7-8-14(15)18/h7-8,10,13,20H,4-6,9,11H2,1-3H3. The van der Waals surface area contributed by atoms with Crippen LogP contribution < -0.4 is 5.32 Å². The van der Waals surface area contributed by atoms with Crippen molar-refractivity contribution in [2.75, 3.05) is 18.4 Å². The lowest BCUT2D eigenvalue weighted by atomic mass is 10.0. The largest absolute Gasteiger partial charge is 0.444 e. The Balaban J connectivity index is 2.01. The zero-order valence-corrected chi connectivity index (χ0v) is 16.2. The lowest BCUT2D eigenvalue weighted by Gasteiger charge is -2.37. The molecular formula is C17H24BrClN2O2. The van der Waals surface area contributed by atoms with Crippen molar-refractivity contribution in [2.24, 2.45) is 0 Å². The normalized spacial score (nSPS) is 18.7. The molecule has 1 unspecified atom stereocenters. The number of ether oxygens (including phenoxy) is 1. The molecule has 1 amide bonds. The van der Waals surface area contributed by atoms with Gasteiger partial charge in [0.2, 0.25) is 0 Å². The minimum atomic E-state index is -0.470. The third-order valence-electron chi connectivity index (χ3n) is 3.71. The van der Waals surface area contributed by atoms with Gasteiger partial charge < -0.3 is 15.0 Å². The van der Waals surface area contributed by atoms with E-state index in [4.69, 9.17) is 16.3 Å². The quantitative estimate of drug-likeness (QED) is 0.744. The molecule has 2 rings (SSSR count). The molecule has 4 nitrogen and oxygen atoms in total.